The zero-order chi connectivity index (χ0) is 11.4. The van der Waals surface area contributed by atoms with Gasteiger partial charge in [0.25, 0.3) is 0 Å². The van der Waals surface area contributed by atoms with E-state index in [0.717, 1.165) is 11.3 Å². The summed E-state index contributed by atoms with van der Waals surface area (Å²) in [5, 5.41) is 8.84. The molecule has 0 radical (unpaired) electrons. The monoisotopic (exact) mass is 203 g/mol. The minimum absolute atomic E-state index is 0.0959. The lowest BCUT2D eigenvalue weighted by Gasteiger charge is -2.27. The molecule has 2 atom stereocenters. The van der Waals surface area contributed by atoms with Crippen LogP contribution in [0.3, 0.4) is 0 Å². The van der Waals surface area contributed by atoms with Gasteiger partial charge in [-0.1, -0.05) is 12.1 Å². The van der Waals surface area contributed by atoms with Crippen LogP contribution in [0.1, 0.15) is 25.5 Å². The molecule has 0 fully saturated rings. The number of nitrogens with two attached hydrogens (primary N) is 1. The van der Waals surface area contributed by atoms with Crippen LogP contribution >= 0.6 is 0 Å². The van der Waals surface area contributed by atoms with Crippen LogP contribution in [0.4, 0.5) is 5.69 Å². The second-order valence-corrected chi connectivity index (χ2v) is 3.82. The third-order valence-corrected chi connectivity index (χ3v) is 2.80. The molecule has 1 aromatic carbocycles. The van der Waals surface area contributed by atoms with E-state index in [0.29, 0.717) is 0 Å². The van der Waals surface area contributed by atoms with Gasteiger partial charge in [0.1, 0.15) is 0 Å². The zero-order valence-corrected chi connectivity index (χ0v) is 9.44. The van der Waals surface area contributed by atoms with Crippen LogP contribution in [-0.2, 0) is 0 Å². The molecule has 1 rings (SSSR count). The first-order chi connectivity index (χ1) is 7.06. The Labute approximate surface area is 91.1 Å². The molecule has 0 amide bonds. The normalized spacial score (nSPS) is 14.6. The number of nitrogens with zero attached hydrogens (tertiary/aromatic N) is 2. The van der Waals surface area contributed by atoms with Gasteiger partial charge in [-0.15, -0.1) is 0 Å². The highest BCUT2D eigenvalue weighted by atomic mass is 15.1. The summed E-state index contributed by atoms with van der Waals surface area (Å²) in [6.07, 6.45) is 0. The first kappa shape index (κ1) is 11.5. The van der Waals surface area contributed by atoms with Crippen molar-refractivity contribution in [2.75, 3.05) is 12.8 Å². The third kappa shape index (κ3) is 2.71. The summed E-state index contributed by atoms with van der Waals surface area (Å²) >= 11 is 0. The Morgan fingerprint density at radius 2 is 2.07 bits per heavy atom. The van der Waals surface area contributed by atoms with Crippen molar-refractivity contribution in [1.29, 1.82) is 5.26 Å². The quantitative estimate of drug-likeness (QED) is 0.766. The SMILES string of the molecule is CC(C#N)N(C)C(C)c1cccc(N)c1. The summed E-state index contributed by atoms with van der Waals surface area (Å²) in [5.74, 6) is 0. The fraction of sp³-hybridized carbons (Fsp3) is 0.417. The van der Waals surface area contributed by atoms with Crippen molar-refractivity contribution in [3.8, 4) is 6.07 Å². The molecule has 1 aromatic rings. The van der Waals surface area contributed by atoms with Crippen LogP contribution in [0.25, 0.3) is 0 Å². The van der Waals surface area contributed by atoms with Gasteiger partial charge in [-0.05, 0) is 38.6 Å². The molecule has 0 saturated carbocycles. The van der Waals surface area contributed by atoms with Crippen LogP contribution in [0.2, 0.25) is 0 Å². The van der Waals surface area contributed by atoms with Crippen LogP contribution in [0.5, 0.6) is 0 Å². The van der Waals surface area contributed by atoms with E-state index in [2.05, 4.69) is 13.0 Å². The van der Waals surface area contributed by atoms with Gasteiger partial charge >= 0.3 is 0 Å². The molecule has 0 aromatic heterocycles. The Kier molecular flexibility index (Phi) is 3.70. The minimum atomic E-state index is -0.0959. The van der Waals surface area contributed by atoms with Crippen molar-refractivity contribution in [3.05, 3.63) is 29.8 Å². The second kappa shape index (κ2) is 4.81. The van der Waals surface area contributed by atoms with Crippen molar-refractivity contribution < 1.29 is 0 Å². The van der Waals surface area contributed by atoms with Crippen LogP contribution in [-0.4, -0.2) is 18.0 Å². The van der Waals surface area contributed by atoms with Gasteiger partial charge < -0.3 is 5.73 Å². The Morgan fingerprint density at radius 1 is 1.40 bits per heavy atom. The highest BCUT2D eigenvalue weighted by Gasteiger charge is 2.16. The second-order valence-electron chi connectivity index (χ2n) is 3.82. The van der Waals surface area contributed by atoms with E-state index in [1.165, 1.54) is 0 Å². The predicted molar refractivity (Wildman–Crippen MR) is 62.1 cm³/mol. The maximum atomic E-state index is 8.84. The summed E-state index contributed by atoms with van der Waals surface area (Å²) in [5.41, 5.74) is 7.62. The largest absolute Gasteiger partial charge is 0.399 e. The summed E-state index contributed by atoms with van der Waals surface area (Å²) in [7, 11) is 1.95. The van der Waals surface area contributed by atoms with Crippen molar-refractivity contribution in [2.45, 2.75) is 25.9 Å². The van der Waals surface area contributed by atoms with Crippen molar-refractivity contribution in [1.82, 2.24) is 4.90 Å². The van der Waals surface area contributed by atoms with E-state index in [-0.39, 0.29) is 12.1 Å². The molecule has 0 spiro atoms. The summed E-state index contributed by atoms with van der Waals surface area (Å²) < 4.78 is 0. The van der Waals surface area contributed by atoms with Crippen molar-refractivity contribution in [3.63, 3.8) is 0 Å². The minimum Gasteiger partial charge on any atom is -0.399 e. The van der Waals surface area contributed by atoms with E-state index in [9.17, 15) is 0 Å². The molecule has 0 aliphatic carbocycles. The lowest BCUT2D eigenvalue weighted by molar-refractivity contribution is 0.234. The highest BCUT2D eigenvalue weighted by Crippen LogP contribution is 2.21. The molecular weight excluding hydrogens is 186 g/mol. The number of hydrogen-bond donors (Lipinski definition) is 1. The number of nitriles is 1. The standard InChI is InChI=1S/C12H17N3/c1-9(8-13)15(3)10(2)11-5-4-6-12(14)7-11/h4-7,9-10H,14H2,1-3H3. The molecule has 0 heterocycles. The zero-order valence-electron chi connectivity index (χ0n) is 9.44. The van der Waals surface area contributed by atoms with E-state index < -0.39 is 0 Å². The Bertz CT molecular complexity index is 367. The van der Waals surface area contributed by atoms with E-state index >= 15 is 0 Å². The first-order valence-electron chi connectivity index (χ1n) is 5.03. The molecule has 15 heavy (non-hydrogen) atoms. The summed E-state index contributed by atoms with van der Waals surface area (Å²) in [4.78, 5) is 2.02. The van der Waals surface area contributed by atoms with Gasteiger partial charge in [0.2, 0.25) is 0 Å². The van der Waals surface area contributed by atoms with Crippen molar-refractivity contribution in [2.24, 2.45) is 0 Å². The molecule has 0 saturated heterocycles. The third-order valence-electron chi connectivity index (χ3n) is 2.80. The highest BCUT2D eigenvalue weighted by molar-refractivity contribution is 5.41. The van der Waals surface area contributed by atoms with E-state index in [4.69, 9.17) is 11.0 Å². The molecule has 0 aliphatic rings. The molecule has 3 nitrogen and oxygen atoms in total. The number of benzene rings is 1. The topological polar surface area (TPSA) is 53.0 Å². The first-order valence-corrected chi connectivity index (χ1v) is 5.03. The Morgan fingerprint density at radius 3 is 2.60 bits per heavy atom. The fourth-order valence-corrected chi connectivity index (χ4v) is 1.48. The van der Waals surface area contributed by atoms with Gasteiger partial charge in [-0.25, -0.2) is 0 Å². The summed E-state index contributed by atoms with van der Waals surface area (Å²) in [6, 6.07) is 10.1. The maximum Gasteiger partial charge on any atom is 0.0951 e. The Balaban J connectivity index is 2.85. The Hall–Kier alpha value is -1.53. The number of anilines is 1. The van der Waals surface area contributed by atoms with Gasteiger partial charge in [-0.3, -0.25) is 4.90 Å². The number of nitrogen functional groups attached to an aromatic ring is 1. The molecule has 3 heteroatoms. The average Bonchev–Trinajstić information content (AvgIpc) is 2.26. The molecule has 2 N–H and O–H groups in total. The van der Waals surface area contributed by atoms with Gasteiger partial charge in [0, 0.05) is 11.7 Å². The molecular formula is C12H17N3. The van der Waals surface area contributed by atoms with Crippen LogP contribution in [0, 0.1) is 11.3 Å². The van der Waals surface area contributed by atoms with Crippen LogP contribution < -0.4 is 5.73 Å². The molecule has 2 unspecified atom stereocenters. The van der Waals surface area contributed by atoms with Crippen LogP contribution in [0.15, 0.2) is 24.3 Å². The smallest absolute Gasteiger partial charge is 0.0951 e. The lowest BCUT2D eigenvalue weighted by Crippen LogP contribution is -2.30. The maximum absolute atomic E-state index is 8.84. The van der Waals surface area contributed by atoms with Gasteiger partial charge in [-0.2, -0.15) is 5.26 Å². The molecule has 0 aliphatic heterocycles. The molecule has 0 bridgehead atoms. The summed E-state index contributed by atoms with van der Waals surface area (Å²) in [6.45, 7) is 3.96. The van der Waals surface area contributed by atoms with Gasteiger partial charge in [0.15, 0.2) is 0 Å². The van der Waals surface area contributed by atoms with Gasteiger partial charge in [0.05, 0.1) is 12.1 Å². The molecule has 80 valence electrons. The van der Waals surface area contributed by atoms with E-state index in [1.807, 2.05) is 43.1 Å². The predicted octanol–water partition coefficient (Wildman–Crippen LogP) is 2.17. The lowest BCUT2D eigenvalue weighted by atomic mass is 10.1. The van der Waals surface area contributed by atoms with E-state index in [1.54, 1.807) is 0 Å². The fourth-order valence-electron chi connectivity index (χ4n) is 1.48. The number of hydrogen-bond acceptors (Lipinski definition) is 3. The van der Waals surface area contributed by atoms with Crippen molar-refractivity contribution >= 4 is 5.69 Å². The number of rotatable bonds is 3. The average molecular weight is 203 g/mol.